The van der Waals surface area contributed by atoms with Crippen LogP contribution in [0.1, 0.15) is 51.4 Å². The van der Waals surface area contributed by atoms with E-state index < -0.39 is 0 Å². The second-order valence-electron chi connectivity index (χ2n) is 4.66. The molecule has 0 bridgehead atoms. The van der Waals surface area contributed by atoms with Crippen LogP contribution in [0, 0.1) is 5.92 Å². The van der Waals surface area contributed by atoms with E-state index in [2.05, 4.69) is 37.7 Å². The molecule has 3 heteroatoms. The molecule has 0 amide bonds. The predicted molar refractivity (Wildman–Crippen MR) is 65.8 cm³/mol. The first-order chi connectivity index (χ1) is 7.58. The minimum absolute atomic E-state index is 0.399. The molecule has 0 radical (unpaired) electrons. The van der Waals surface area contributed by atoms with Crippen LogP contribution in [0.5, 0.6) is 5.88 Å². The molecule has 0 aliphatic carbocycles. The minimum Gasteiger partial charge on any atom is -0.480 e. The highest BCUT2D eigenvalue weighted by Crippen LogP contribution is 2.25. The van der Waals surface area contributed by atoms with Crippen LogP contribution < -0.4 is 4.74 Å². The van der Waals surface area contributed by atoms with Crippen molar-refractivity contribution in [2.24, 2.45) is 5.92 Å². The molecule has 0 fully saturated rings. The first kappa shape index (κ1) is 12.9. The normalized spacial score (nSPS) is 12.9. The smallest absolute Gasteiger partial charge is 0.235 e. The van der Waals surface area contributed by atoms with Crippen molar-refractivity contribution in [3.63, 3.8) is 0 Å². The molecule has 1 rings (SSSR count). The summed E-state index contributed by atoms with van der Waals surface area (Å²) in [5.74, 6) is 1.68. The fourth-order valence-corrected chi connectivity index (χ4v) is 1.61. The molecule has 0 saturated carbocycles. The summed E-state index contributed by atoms with van der Waals surface area (Å²) in [6.45, 7) is 8.65. The van der Waals surface area contributed by atoms with E-state index >= 15 is 0 Å². The molecule has 3 nitrogen and oxygen atoms in total. The molecule has 0 aromatic carbocycles. The van der Waals surface area contributed by atoms with E-state index in [1.165, 1.54) is 0 Å². The molecular formula is C13H22N2O. The third-order valence-corrected chi connectivity index (χ3v) is 2.71. The summed E-state index contributed by atoms with van der Waals surface area (Å²) >= 11 is 0. The lowest BCUT2D eigenvalue weighted by molar-refractivity contribution is 0.382. The van der Waals surface area contributed by atoms with Crippen LogP contribution in [0.4, 0.5) is 0 Å². The lowest BCUT2D eigenvalue weighted by Gasteiger charge is -2.13. The number of hydrogen-bond acceptors (Lipinski definition) is 3. The molecule has 1 atom stereocenters. The molecule has 16 heavy (non-hydrogen) atoms. The Morgan fingerprint density at radius 3 is 2.50 bits per heavy atom. The Bertz CT molecular complexity index is 337. The van der Waals surface area contributed by atoms with E-state index in [1.54, 1.807) is 7.11 Å². The van der Waals surface area contributed by atoms with Gasteiger partial charge in [0.2, 0.25) is 5.88 Å². The van der Waals surface area contributed by atoms with E-state index in [9.17, 15) is 0 Å². The van der Waals surface area contributed by atoms with Crippen molar-refractivity contribution in [2.75, 3.05) is 7.11 Å². The molecule has 0 aliphatic heterocycles. The van der Waals surface area contributed by atoms with Crippen molar-refractivity contribution < 1.29 is 4.74 Å². The zero-order valence-corrected chi connectivity index (χ0v) is 10.9. The number of aromatic nitrogens is 2. The van der Waals surface area contributed by atoms with Gasteiger partial charge in [0.05, 0.1) is 12.8 Å². The van der Waals surface area contributed by atoms with E-state index in [0.717, 1.165) is 24.2 Å². The summed E-state index contributed by atoms with van der Waals surface area (Å²) in [5.41, 5.74) is 1.98. The van der Waals surface area contributed by atoms with Gasteiger partial charge in [-0.05, 0) is 18.8 Å². The number of ether oxygens (including phenoxy) is 1. The summed E-state index contributed by atoms with van der Waals surface area (Å²) in [5, 5.41) is 0. The lowest BCUT2D eigenvalue weighted by Crippen LogP contribution is -2.06. The first-order valence-corrected chi connectivity index (χ1v) is 5.98. The van der Waals surface area contributed by atoms with Crippen LogP contribution in [-0.2, 0) is 6.42 Å². The number of hydrogen-bond donors (Lipinski definition) is 0. The van der Waals surface area contributed by atoms with Crippen LogP contribution in [0.25, 0.3) is 0 Å². The molecule has 90 valence electrons. The average Bonchev–Trinajstić information content (AvgIpc) is 2.27. The fraction of sp³-hybridized carbons (Fsp3) is 0.692. The van der Waals surface area contributed by atoms with Crippen LogP contribution in [0.15, 0.2) is 6.20 Å². The van der Waals surface area contributed by atoms with Crippen LogP contribution >= 0.6 is 0 Å². The highest BCUT2D eigenvalue weighted by atomic mass is 16.5. The maximum Gasteiger partial charge on any atom is 0.235 e. The summed E-state index contributed by atoms with van der Waals surface area (Å²) in [7, 11) is 1.66. The first-order valence-electron chi connectivity index (χ1n) is 5.98. The van der Waals surface area contributed by atoms with Crippen molar-refractivity contribution >= 4 is 0 Å². The summed E-state index contributed by atoms with van der Waals surface area (Å²) in [6, 6.07) is 0. The Kier molecular flexibility index (Phi) is 4.71. The lowest BCUT2D eigenvalue weighted by atomic mass is 10.0. The van der Waals surface area contributed by atoms with Crippen molar-refractivity contribution in [3.05, 3.63) is 17.6 Å². The van der Waals surface area contributed by atoms with E-state index in [4.69, 9.17) is 4.74 Å². The molecule has 1 heterocycles. The number of methoxy groups -OCH3 is 1. The SMILES string of the molecule is CCC(C)c1ncc(CC(C)C)nc1OC. The molecule has 0 N–H and O–H groups in total. The zero-order chi connectivity index (χ0) is 12.1. The largest absolute Gasteiger partial charge is 0.480 e. The molecular weight excluding hydrogens is 200 g/mol. The van der Waals surface area contributed by atoms with Gasteiger partial charge >= 0.3 is 0 Å². The van der Waals surface area contributed by atoms with Gasteiger partial charge in [-0.25, -0.2) is 4.98 Å². The minimum atomic E-state index is 0.399. The number of nitrogens with zero attached hydrogens (tertiary/aromatic N) is 2. The quantitative estimate of drug-likeness (QED) is 0.767. The highest BCUT2D eigenvalue weighted by Gasteiger charge is 2.14. The average molecular weight is 222 g/mol. The molecule has 0 aliphatic rings. The van der Waals surface area contributed by atoms with Crippen molar-refractivity contribution in [3.8, 4) is 5.88 Å². The highest BCUT2D eigenvalue weighted by molar-refractivity contribution is 5.23. The van der Waals surface area contributed by atoms with Crippen LogP contribution in [0.3, 0.4) is 0 Å². The van der Waals surface area contributed by atoms with E-state index in [1.807, 2.05) is 6.20 Å². The van der Waals surface area contributed by atoms with Gasteiger partial charge in [-0.2, -0.15) is 0 Å². The van der Waals surface area contributed by atoms with Gasteiger partial charge in [-0.15, -0.1) is 0 Å². The van der Waals surface area contributed by atoms with Gasteiger partial charge in [0.15, 0.2) is 0 Å². The van der Waals surface area contributed by atoms with Crippen LogP contribution in [-0.4, -0.2) is 17.1 Å². The molecule has 1 aromatic rings. The Balaban J connectivity index is 2.97. The summed E-state index contributed by atoms with van der Waals surface area (Å²) in [6.07, 6.45) is 3.88. The molecule has 1 aromatic heterocycles. The van der Waals surface area contributed by atoms with Crippen molar-refractivity contribution in [2.45, 2.75) is 46.5 Å². The Morgan fingerprint density at radius 2 is 2.00 bits per heavy atom. The van der Waals surface area contributed by atoms with E-state index in [0.29, 0.717) is 17.7 Å². The predicted octanol–water partition coefficient (Wildman–Crippen LogP) is 3.20. The third-order valence-electron chi connectivity index (χ3n) is 2.71. The standard InChI is InChI=1S/C13H22N2O/c1-6-10(4)12-13(16-5)15-11(8-14-12)7-9(2)3/h8-10H,6-7H2,1-5H3. The molecule has 1 unspecified atom stereocenters. The Hall–Kier alpha value is -1.12. The maximum atomic E-state index is 5.32. The Labute approximate surface area is 98.3 Å². The molecule has 0 saturated heterocycles. The second-order valence-corrected chi connectivity index (χ2v) is 4.66. The zero-order valence-electron chi connectivity index (χ0n) is 10.9. The van der Waals surface area contributed by atoms with Gasteiger partial charge in [0, 0.05) is 12.1 Å². The third kappa shape index (κ3) is 3.19. The van der Waals surface area contributed by atoms with Gasteiger partial charge in [0.1, 0.15) is 5.69 Å². The summed E-state index contributed by atoms with van der Waals surface area (Å²) in [4.78, 5) is 9.00. The van der Waals surface area contributed by atoms with Gasteiger partial charge in [0.25, 0.3) is 0 Å². The Morgan fingerprint density at radius 1 is 1.31 bits per heavy atom. The van der Waals surface area contributed by atoms with Crippen molar-refractivity contribution in [1.29, 1.82) is 0 Å². The van der Waals surface area contributed by atoms with Gasteiger partial charge in [-0.1, -0.05) is 27.7 Å². The monoisotopic (exact) mass is 222 g/mol. The topological polar surface area (TPSA) is 35.0 Å². The van der Waals surface area contributed by atoms with Crippen molar-refractivity contribution in [1.82, 2.24) is 9.97 Å². The second kappa shape index (κ2) is 5.83. The van der Waals surface area contributed by atoms with Crippen LogP contribution in [0.2, 0.25) is 0 Å². The summed E-state index contributed by atoms with van der Waals surface area (Å²) < 4.78 is 5.32. The van der Waals surface area contributed by atoms with Gasteiger partial charge in [-0.3, -0.25) is 4.98 Å². The molecule has 0 spiro atoms. The van der Waals surface area contributed by atoms with Gasteiger partial charge < -0.3 is 4.74 Å². The fourth-order valence-electron chi connectivity index (χ4n) is 1.61. The van der Waals surface area contributed by atoms with E-state index in [-0.39, 0.29) is 0 Å². The number of rotatable bonds is 5. The maximum absolute atomic E-state index is 5.32.